The highest BCUT2D eigenvalue weighted by molar-refractivity contribution is 7.92. The molecule has 1 aromatic heterocycles. The Morgan fingerprint density at radius 2 is 1.82 bits per heavy atom. The van der Waals surface area contributed by atoms with E-state index in [4.69, 9.17) is 0 Å². The molecule has 2 aromatic rings. The third-order valence-corrected chi connectivity index (χ3v) is 6.71. The minimum atomic E-state index is -3.82. The molecule has 3 heterocycles. The molecule has 2 N–H and O–H groups in total. The Labute approximate surface area is 163 Å². The van der Waals surface area contributed by atoms with Crippen molar-refractivity contribution in [3.63, 3.8) is 0 Å². The van der Waals surface area contributed by atoms with Gasteiger partial charge in [-0.3, -0.25) is 34.1 Å². The van der Waals surface area contributed by atoms with Gasteiger partial charge in [-0.1, -0.05) is 0 Å². The molecule has 1 aromatic carbocycles. The van der Waals surface area contributed by atoms with Gasteiger partial charge < -0.3 is 0 Å². The summed E-state index contributed by atoms with van der Waals surface area (Å²) in [6.45, 7) is 0. The molecule has 0 bridgehead atoms. The summed E-state index contributed by atoms with van der Waals surface area (Å²) < 4.78 is 27.1. The molecule has 28 heavy (non-hydrogen) atoms. The van der Waals surface area contributed by atoms with E-state index in [-0.39, 0.29) is 34.6 Å². The smallest absolute Gasteiger partial charge is 0.262 e. The summed E-state index contributed by atoms with van der Waals surface area (Å²) in [5, 5.41) is 5.21. The van der Waals surface area contributed by atoms with Crippen molar-refractivity contribution in [2.75, 3.05) is 4.72 Å². The molecule has 0 spiro atoms. The highest BCUT2D eigenvalue weighted by Gasteiger charge is 2.44. The maximum absolute atomic E-state index is 12.7. The first-order chi connectivity index (χ1) is 13.3. The van der Waals surface area contributed by atoms with Crippen LogP contribution in [0.5, 0.6) is 0 Å². The van der Waals surface area contributed by atoms with Gasteiger partial charge in [0.1, 0.15) is 6.04 Å². The lowest BCUT2D eigenvalue weighted by molar-refractivity contribution is -0.136. The molecule has 0 saturated carbocycles. The predicted octanol–water partition coefficient (Wildman–Crippen LogP) is 0.950. The highest BCUT2D eigenvalue weighted by Crippen LogP contribution is 2.30. The molecule has 2 aliphatic rings. The molecule has 1 saturated heterocycles. The van der Waals surface area contributed by atoms with Gasteiger partial charge >= 0.3 is 0 Å². The van der Waals surface area contributed by atoms with Crippen molar-refractivity contribution in [3.05, 3.63) is 46.2 Å². The van der Waals surface area contributed by atoms with E-state index in [0.717, 1.165) is 4.90 Å². The van der Waals surface area contributed by atoms with Crippen LogP contribution in [0.25, 0.3) is 0 Å². The van der Waals surface area contributed by atoms with E-state index in [1.165, 1.54) is 41.0 Å². The highest BCUT2D eigenvalue weighted by atomic mass is 32.2. The van der Waals surface area contributed by atoms with Crippen molar-refractivity contribution in [1.82, 2.24) is 10.2 Å². The quantitative estimate of drug-likeness (QED) is 0.710. The molecule has 0 aliphatic carbocycles. The van der Waals surface area contributed by atoms with Crippen molar-refractivity contribution < 1.29 is 27.6 Å². The van der Waals surface area contributed by atoms with Crippen LogP contribution in [0.4, 0.5) is 5.69 Å². The number of carbonyl (C=O) groups is 4. The van der Waals surface area contributed by atoms with Crippen molar-refractivity contribution >= 4 is 50.7 Å². The van der Waals surface area contributed by atoms with Crippen LogP contribution in [0.3, 0.4) is 0 Å². The molecule has 2 aliphatic heterocycles. The molecule has 4 rings (SSSR count). The van der Waals surface area contributed by atoms with E-state index in [1.54, 1.807) is 5.38 Å². The van der Waals surface area contributed by atoms with Gasteiger partial charge in [-0.2, -0.15) is 11.3 Å². The lowest BCUT2D eigenvalue weighted by Gasteiger charge is -2.27. The van der Waals surface area contributed by atoms with Crippen molar-refractivity contribution in [3.8, 4) is 0 Å². The molecule has 144 valence electrons. The summed E-state index contributed by atoms with van der Waals surface area (Å²) in [4.78, 5) is 49.6. The summed E-state index contributed by atoms with van der Waals surface area (Å²) in [5.41, 5.74) is 0.199. The standard InChI is InChI=1S/C17H13N3O6S2/c21-14-4-3-13(15(22)18-14)20-16(23)11-2-1-9(7-12(11)17(20)24)19-28(25,26)10-5-6-27-8-10/h1-2,5-8,13,19H,3-4H2,(H,18,21,22). The molecule has 11 heteroatoms. The Kier molecular flexibility index (Phi) is 4.27. The summed E-state index contributed by atoms with van der Waals surface area (Å²) >= 11 is 1.23. The Balaban J connectivity index is 1.63. The van der Waals surface area contributed by atoms with Crippen LogP contribution in [0.2, 0.25) is 0 Å². The predicted molar refractivity (Wildman–Crippen MR) is 98.2 cm³/mol. The topological polar surface area (TPSA) is 130 Å². The number of nitrogens with one attached hydrogen (secondary N) is 2. The Morgan fingerprint density at radius 3 is 2.50 bits per heavy atom. The largest absolute Gasteiger partial charge is 0.295 e. The Morgan fingerprint density at radius 1 is 1.07 bits per heavy atom. The molecule has 1 unspecified atom stereocenters. The van der Waals surface area contributed by atoms with Gasteiger partial charge in [0.15, 0.2) is 0 Å². The zero-order valence-electron chi connectivity index (χ0n) is 14.2. The number of piperidine rings is 1. The van der Waals surface area contributed by atoms with E-state index in [2.05, 4.69) is 10.0 Å². The average molecular weight is 419 g/mol. The van der Waals surface area contributed by atoms with Crippen molar-refractivity contribution in [2.45, 2.75) is 23.8 Å². The second kappa shape index (κ2) is 6.53. The van der Waals surface area contributed by atoms with Crippen LogP contribution in [0, 0.1) is 0 Å². The number of benzene rings is 1. The van der Waals surface area contributed by atoms with E-state index >= 15 is 0 Å². The van der Waals surface area contributed by atoms with Gasteiger partial charge in [-0.25, -0.2) is 8.42 Å². The van der Waals surface area contributed by atoms with Crippen LogP contribution in [-0.2, 0) is 19.6 Å². The maximum Gasteiger partial charge on any atom is 0.262 e. The van der Waals surface area contributed by atoms with Crippen LogP contribution < -0.4 is 10.0 Å². The molecular formula is C17H13N3O6S2. The number of sulfonamides is 1. The minimum Gasteiger partial charge on any atom is -0.295 e. The monoisotopic (exact) mass is 419 g/mol. The van der Waals surface area contributed by atoms with E-state index in [0.29, 0.717) is 0 Å². The number of hydrogen-bond acceptors (Lipinski definition) is 7. The zero-order valence-corrected chi connectivity index (χ0v) is 15.8. The summed E-state index contributed by atoms with van der Waals surface area (Å²) in [5.74, 6) is -2.51. The van der Waals surface area contributed by atoms with Crippen LogP contribution >= 0.6 is 11.3 Å². The summed E-state index contributed by atoms with van der Waals surface area (Å²) in [6, 6.07) is 4.36. The van der Waals surface area contributed by atoms with Crippen LogP contribution in [-0.4, -0.2) is 43.0 Å². The number of carbonyl (C=O) groups excluding carboxylic acids is 4. The Bertz CT molecular complexity index is 1120. The van der Waals surface area contributed by atoms with E-state index in [9.17, 15) is 27.6 Å². The Hall–Kier alpha value is -3.05. The fourth-order valence-electron chi connectivity index (χ4n) is 3.15. The molecule has 9 nitrogen and oxygen atoms in total. The van der Waals surface area contributed by atoms with E-state index in [1.807, 2.05) is 0 Å². The fraction of sp³-hybridized carbons (Fsp3) is 0.176. The van der Waals surface area contributed by atoms with Crippen LogP contribution in [0.15, 0.2) is 39.9 Å². The molecule has 0 radical (unpaired) electrons. The van der Waals surface area contributed by atoms with Gasteiger partial charge in [-0.05, 0) is 36.1 Å². The first-order valence-corrected chi connectivity index (χ1v) is 10.6. The number of fused-ring (bicyclic) bond motifs is 1. The van der Waals surface area contributed by atoms with Crippen molar-refractivity contribution in [1.29, 1.82) is 0 Å². The second-order valence-corrected chi connectivity index (χ2v) is 8.73. The molecular weight excluding hydrogens is 406 g/mol. The van der Waals surface area contributed by atoms with Gasteiger partial charge in [0.05, 0.1) is 16.0 Å². The van der Waals surface area contributed by atoms with Gasteiger partial charge in [0.2, 0.25) is 11.8 Å². The number of amides is 4. The number of thiophene rings is 1. The molecule has 1 atom stereocenters. The van der Waals surface area contributed by atoms with Gasteiger partial charge in [0.25, 0.3) is 21.8 Å². The fourth-order valence-corrected chi connectivity index (χ4v) is 5.23. The second-order valence-electron chi connectivity index (χ2n) is 6.27. The van der Waals surface area contributed by atoms with Gasteiger partial charge in [0, 0.05) is 17.5 Å². The molecule has 4 amide bonds. The van der Waals surface area contributed by atoms with E-state index < -0.39 is 39.7 Å². The van der Waals surface area contributed by atoms with Crippen LogP contribution in [0.1, 0.15) is 33.6 Å². The number of anilines is 1. The third kappa shape index (κ3) is 2.98. The third-order valence-electron chi connectivity index (χ3n) is 4.50. The first-order valence-electron chi connectivity index (χ1n) is 8.18. The lowest BCUT2D eigenvalue weighted by atomic mass is 10.0. The van der Waals surface area contributed by atoms with Crippen molar-refractivity contribution in [2.24, 2.45) is 0 Å². The number of imide groups is 2. The summed E-state index contributed by atoms with van der Waals surface area (Å²) in [7, 11) is -3.82. The average Bonchev–Trinajstić information content (AvgIpc) is 3.25. The SMILES string of the molecule is O=C1CCC(N2C(=O)c3ccc(NS(=O)(=O)c4ccsc4)cc3C2=O)C(=O)N1. The molecule has 1 fully saturated rings. The minimum absolute atomic E-state index is 0.000202. The lowest BCUT2D eigenvalue weighted by Crippen LogP contribution is -2.54. The zero-order chi connectivity index (χ0) is 20.1. The summed E-state index contributed by atoms with van der Waals surface area (Å²) in [6.07, 6.45) is 0.0727. The number of nitrogens with zero attached hydrogens (tertiary/aromatic N) is 1. The number of rotatable bonds is 4. The normalized spacial score (nSPS) is 19.6. The maximum atomic E-state index is 12.7. The number of hydrogen-bond donors (Lipinski definition) is 2. The van der Waals surface area contributed by atoms with Gasteiger partial charge in [-0.15, -0.1) is 0 Å². The first kappa shape index (κ1) is 18.3.